The third-order valence-corrected chi connectivity index (χ3v) is 2.72. The van der Waals surface area contributed by atoms with Gasteiger partial charge < -0.3 is 15.5 Å². The molecule has 0 aromatic carbocycles. The summed E-state index contributed by atoms with van der Waals surface area (Å²) < 4.78 is 0. The lowest BCUT2D eigenvalue weighted by Gasteiger charge is -2.32. The van der Waals surface area contributed by atoms with E-state index in [9.17, 15) is 14.9 Å². The quantitative estimate of drug-likeness (QED) is 0.543. The molecule has 2 N–H and O–H groups in total. The topological polar surface area (TPSA) is 118 Å². The highest BCUT2D eigenvalue weighted by Crippen LogP contribution is 2.26. The Balaban J connectivity index is 2.35. The molecule has 0 aliphatic carbocycles. The highest BCUT2D eigenvalue weighted by atomic mass is 16.6. The molecule has 1 saturated heterocycles. The molecule has 0 atom stereocenters. The summed E-state index contributed by atoms with van der Waals surface area (Å²) in [6, 6.07) is 0. The van der Waals surface area contributed by atoms with Crippen molar-refractivity contribution >= 4 is 23.4 Å². The molecule has 0 bridgehead atoms. The number of hydrogen-bond acceptors (Lipinski definition) is 7. The summed E-state index contributed by atoms with van der Waals surface area (Å²) in [5, 5.41) is 10.9. The van der Waals surface area contributed by atoms with E-state index in [1.807, 2.05) is 0 Å². The number of aromatic nitrogens is 2. The Morgan fingerprint density at radius 3 is 2.83 bits per heavy atom. The molecule has 96 valence electrons. The molecule has 0 unspecified atom stereocenters. The zero-order valence-corrected chi connectivity index (χ0v) is 9.74. The Labute approximate surface area is 102 Å². The largest absolute Gasteiger partial charge is 0.368 e. The molecule has 18 heavy (non-hydrogen) atoms. The summed E-state index contributed by atoms with van der Waals surface area (Å²) in [4.78, 5) is 32.4. The van der Waals surface area contributed by atoms with Crippen LogP contribution in [0.5, 0.6) is 0 Å². The molecule has 0 radical (unpaired) electrons. The molecule has 0 spiro atoms. The number of nitrogen functional groups attached to an aromatic ring is 1. The second kappa shape index (κ2) is 4.43. The number of nitrogens with two attached hydrogens (primary N) is 1. The van der Waals surface area contributed by atoms with E-state index in [-0.39, 0.29) is 29.9 Å². The fourth-order valence-electron chi connectivity index (χ4n) is 1.68. The minimum Gasteiger partial charge on any atom is -0.368 e. The highest BCUT2D eigenvalue weighted by Gasteiger charge is 2.28. The Hall–Kier alpha value is -2.45. The molecule has 1 aliphatic heterocycles. The van der Waals surface area contributed by atoms with E-state index >= 15 is 0 Å². The fraction of sp³-hybridized carbons (Fsp3) is 0.444. The van der Waals surface area contributed by atoms with Crippen LogP contribution in [0.3, 0.4) is 0 Å². The molecule has 9 heteroatoms. The number of carbonyl (C=O) groups excluding carboxylic acids is 1. The molecule has 1 aromatic rings. The summed E-state index contributed by atoms with van der Waals surface area (Å²) in [5.74, 6) is -0.0799. The van der Waals surface area contributed by atoms with Crippen LogP contribution in [0.2, 0.25) is 0 Å². The van der Waals surface area contributed by atoms with Crippen molar-refractivity contribution in [2.24, 2.45) is 0 Å². The number of hydrogen-bond donors (Lipinski definition) is 1. The van der Waals surface area contributed by atoms with Crippen molar-refractivity contribution in [1.82, 2.24) is 14.9 Å². The lowest BCUT2D eigenvalue weighted by molar-refractivity contribution is -0.384. The summed E-state index contributed by atoms with van der Waals surface area (Å²) in [5.41, 5.74) is 5.18. The minimum atomic E-state index is -0.586. The first-order chi connectivity index (χ1) is 8.49. The van der Waals surface area contributed by atoms with Crippen molar-refractivity contribution in [3.05, 3.63) is 16.3 Å². The van der Waals surface area contributed by atoms with Gasteiger partial charge in [0.1, 0.15) is 6.20 Å². The smallest absolute Gasteiger partial charge is 0.329 e. The number of carbonyl (C=O) groups is 1. The third kappa shape index (κ3) is 2.14. The molecule has 2 rings (SSSR count). The molecule has 0 saturated carbocycles. The summed E-state index contributed by atoms with van der Waals surface area (Å²) >= 11 is 0. The van der Waals surface area contributed by atoms with Gasteiger partial charge in [0.2, 0.25) is 17.7 Å². The van der Waals surface area contributed by atoms with Gasteiger partial charge in [0.15, 0.2) is 0 Å². The Kier molecular flexibility index (Phi) is 2.96. The SMILES string of the molecule is CN1CCN(c2nc(N)ncc2[N+](=O)[O-])CC1=O. The van der Waals surface area contributed by atoms with Crippen molar-refractivity contribution in [3.8, 4) is 0 Å². The van der Waals surface area contributed by atoms with Gasteiger partial charge in [-0.3, -0.25) is 14.9 Å². The van der Waals surface area contributed by atoms with Crippen LogP contribution in [-0.4, -0.2) is 52.4 Å². The van der Waals surface area contributed by atoms with Gasteiger partial charge in [-0.1, -0.05) is 0 Å². The van der Waals surface area contributed by atoms with Crippen LogP contribution in [0, 0.1) is 10.1 Å². The first-order valence-electron chi connectivity index (χ1n) is 5.25. The molecular weight excluding hydrogens is 240 g/mol. The van der Waals surface area contributed by atoms with E-state index < -0.39 is 4.92 Å². The second-order valence-electron chi connectivity index (χ2n) is 3.93. The van der Waals surface area contributed by atoms with Gasteiger partial charge in [-0.2, -0.15) is 4.98 Å². The maximum Gasteiger partial charge on any atom is 0.329 e. The average Bonchev–Trinajstić information content (AvgIpc) is 2.32. The fourth-order valence-corrected chi connectivity index (χ4v) is 1.68. The highest BCUT2D eigenvalue weighted by molar-refractivity contribution is 5.83. The monoisotopic (exact) mass is 252 g/mol. The Bertz CT molecular complexity index is 505. The van der Waals surface area contributed by atoms with E-state index in [0.717, 1.165) is 6.20 Å². The van der Waals surface area contributed by atoms with Crippen molar-refractivity contribution in [2.75, 3.05) is 37.3 Å². The Morgan fingerprint density at radius 1 is 1.50 bits per heavy atom. The number of piperazine rings is 1. The van der Waals surface area contributed by atoms with E-state index in [0.29, 0.717) is 13.1 Å². The number of anilines is 2. The predicted octanol–water partition coefficient (Wildman–Crippen LogP) is -0.755. The molecule has 1 aliphatic rings. The van der Waals surface area contributed by atoms with Gasteiger partial charge in [-0.05, 0) is 0 Å². The van der Waals surface area contributed by atoms with Gasteiger partial charge in [-0.25, -0.2) is 4.98 Å². The van der Waals surface area contributed by atoms with Gasteiger partial charge in [0.25, 0.3) is 0 Å². The van der Waals surface area contributed by atoms with Crippen LogP contribution in [0.15, 0.2) is 6.20 Å². The second-order valence-corrected chi connectivity index (χ2v) is 3.93. The van der Waals surface area contributed by atoms with E-state index in [1.165, 1.54) is 0 Å². The standard InChI is InChI=1S/C9H12N6O3/c1-13-2-3-14(5-7(13)16)8-6(15(17)18)4-11-9(10)12-8/h4H,2-3,5H2,1H3,(H2,10,11,12). The van der Waals surface area contributed by atoms with Crippen molar-refractivity contribution < 1.29 is 9.72 Å². The van der Waals surface area contributed by atoms with E-state index in [1.54, 1.807) is 16.8 Å². The normalized spacial score (nSPS) is 15.9. The molecule has 1 fully saturated rings. The van der Waals surface area contributed by atoms with Gasteiger partial charge >= 0.3 is 5.69 Å². The number of rotatable bonds is 2. The van der Waals surface area contributed by atoms with Crippen LogP contribution in [0.4, 0.5) is 17.5 Å². The van der Waals surface area contributed by atoms with Crippen LogP contribution < -0.4 is 10.6 Å². The van der Waals surface area contributed by atoms with Crippen LogP contribution in [-0.2, 0) is 4.79 Å². The number of nitro groups is 1. The van der Waals surface area contributed by atoms with Gasteiger partial charge in [0.05, 0.1) is 11.5 Å². The molecule has 1 amide bonds. The first-order valence-corrected chi connectivity index (χ1v) is 5.25. The maximum absolute atomic E-state index is 11.6. The zero-order chi connectivity index (χ0) is 13.3. The Morgan fingerprint density at radius 2 is 2.22 bits per heavy atom. The lowest BCUT2D eigenvalue weighted by Crippen LogP contribution is -2.49. The van der Waals surface area contributed by atoms with Gasteiger partial charge in [0, 0.05) is 20.1 Å². The molecule has 2 heterocycles. The van der Waals surface area contributed by atoms with Crippen LogP contribution in [0.25, 0.3) is 0 Å². The number of nitrogens with zero attached hydrogens (tertiary/aromatic N) is 5. The predicted molar refractivity (Wildman–Crippen MR) is 62.9 cm³/mol. The summed E-state index contributed by atoms with van der Waals surface area (Å²) in [6.45, 7) is 1.01. The minimum absolute atomic E-state index is 0.0494. The van der Waals surface area contributed by atoms with Gasteiger partial charge in [-0.15, -0.1) is 0 Å². The lowest BCUT2D eigenvalue weighted by atomic mass is 10.3. The molecular formula is C9H12N6O3. The maximum atomic E-state index is 11.6. The van der Waals surface area contributed by atoms with Crippen LogP contribution >= 0.6 is 0 Å². The third-order valence-electron chi connectivity index (χ3n) is 2.72. The number of amides is 1. The zero-order valence-electron chi connectivity index (χ0n) is 9.74. The van der Waals surface area contributed by atoms with Crippen molar-refractivity contribution in [3.63, 3.8) is 0 Å². The van der Waals surface area contributed by atoms with Crippen molar-refractivity contribution in [1.29, 1.82) is 0 Å². The molecule has 1 aromatic heterocycles. The van der Waals surface area contributed by atoms with E-state index in [4.69, 9.17) is 5.73 Å². The van der Waals surface area contributed by atoms with E-state index in [2.05, 4.69) is 9.97 Å². The molecule has 9 nitrogen and oxygen atoms in total. The average molecular weight is 252 g/mol. The van der Waals surface area contributed by atoms with Crippen LogP contribution in [0.1, 0.15) is 0 Å². The van der Waals surface area contributed by atoms with Crippen molar-refractivity contribution in [2.45, 2.75) is 0 Å². The summed E-state index contributed by atoms with van der Waals surface area (Å²) in [6.07, 6.45) is 1.06. The first kappa shape index (κ1) is 12.0. The number of likely N-dealkylation sites (N-methyl/N-ethyl adjacent to an activating group) is 1. The summed E-state index contributed by atoms with van der Waals surface area (Å²) in [7, 11) is 1.68.